The fourth-order valence-corrected chi connectivity index (χ4v) is 2.53. The first-order valence-corrected chi connectivity index (χ1v) is 6.76. The van der Waals surface area contributed by atoms with E-state index in [2.05, 4.69) is 15.0 Å². The number of hydrogen-bond acceptors (Lipinski definition) is 5. The second-order valence-corrected chi connectivity index (χ2v) is 4.89. The Morgan fingerprint density at radius 3 is 2.58 bits per heavy atom. The normalized spacial score (nSPS) is 10.6. The van der Waals surface area contributed by atoms with E-state index in [1.54, 1.807) is 29.9 Å². The summed E-state index contributed by atoms with van der Waals surface area (Å²) in [4.78, 5) is 12.9. The van der Waals surface area contributed by atoms with Crippen LogP contribution in [-0.2, 0) is 6.54 Å². The number of rotatable bonds is 3. The molecular weight excluding hydrogens is 256 g/mol. The lowest BCUT2D eigenvalue weighted by molar-refractivity contribution is 1.07. The molecule has 0 aliphatic carbocycles. The number of thiazole rings is 1. The Labute approximate surface area is 115 Å². The van der Waals surface area contributed by atoms with E-state index in [1.807, 2.05) is 29.6 Å². The Morgan fingerprint density at radius 1 is 1.05 bits per heavy atom. The van der Waals surface area contributed by atoms with Gasteiger partial charge in [0.15, 0.2) is 0 Å². The lowest BCUT2D eigenvalue weighted by Crippen LogP contribution is -1.95. The Balaban J connectivity index is 1.92. The van der Waals surface area contributed by atoms with Crippen molar-refractivity contribution in [3.63, 3.8) is 0 Å². The van der Waals surface area contributed by atoms with Crippen LogP contribution in [0.4, 0.5) is 0 Å². The first-order valence-electron chi connectivity index (χ1n) is 5.88. The van der Waals surface area contributed by atoms with Crippen molar-refractivity contribution in [3.8, 4) is 22.0 Å². The van der Waals surface area contributed by atoms with Crippen molar-refractivity contribution in [1.82, 2.24) is 15.0 Å². The van der Waals surface area contributed by atoms with E-state index >= 15 is 0 Å². The molecule has 0 saturated carbocycles. The molecule has 0 saturated heterocycles. The van der Waals surface area contributed by atoms with Crippen LogP contribution in [0.25, 0.3) is 22.0 Å². The predicted octanol–water partition coefficient (Wildman–Crippen LogP) is 2.73. The smallest absolute Gasteiger partial charge is 0.144 e. The van der Waals surface area contributed by atoms with Gasteiger partial charge in [-0.3, -0.25) is 9.97 Å². The molecule has 94 valence electrons. The van der Waals surface area contributed by atoms with Crippen LogP contribution in [-0.4, -0.2) is 15.0 Å². The minimum atomic E-state index is 0.558. The van der Waals surface area contributed by atoms with Gasteiger partial charge in [-0.15, -0.1) is 11.3 Å². The molecule has 2 aromatic heterocycles. The summed E-state index contributed by atoms with van der Waals surface area (Å²) in [7, 11) is 0. The second kappa shape index (κ2) is 5.26. The quantitative estimate of drug-likeness (QED) is 0.793. The number of nitrogens with two attached hydrogens (primary N) is 1. The van der Waals surface area contributed by atoms with Gasteiger partial charge in [-0.25, -0.2) is 4.98 Å². The first kappa shape index (κ1) is 12.0. The van der Waals surface area contributed by atoms with Crippen LogP contribution in [0.2, 0.25) is 0 Å². The molecule has 1 aromatic carbocycles. The summed E-state index contributed by atoms with van der Waals surface area (Å²) in [6.07, 6.45) is 5.05. The predicted molar refractivity (Wildman–Crippen MR) is 76.5 cm³/mol. The summed E-state index contributed by atoms with van der Waals surface area (Å²) in [5.41, 5.74) is 9.55. The highest BCUT2D eigenvalue weighted by Gasteiger charge is 2.07. The zero-order valence-corrected chi connectivity index (χ0v) is 11.0. The number of aromatic nitrogens is 3. The second-order valence-electron chi connectivity index (χ2n) is 4.03. The largest absolute Gasteiger partial charge is 0.326 e. The monoisotopic (exact) mass is 268 g/mol. The molecule has 0 atom stereocenters. The van der Waals surface area contributed by atoms with Crippen LogP contribution in [0, 0.1) is 0 Å². The van der Waals surface area contributed by atoms with Gasteiger partial charge in [-0.1, -0.05) is 24.3 Å². The highest BCUT2D eigenvalue weighted by atomic mass is 32.1. The maximum Gasteiger partial charge on any atom is 0.144 e. The van der Waals surface area contributed by atoms with Gasteiger partial charge in [0.1, 0.15) is 10.7 Å². The highest BCUT2D eigenvalue weighted by Crippen LogP contribution is 2.27. The molecule has 0 amide bonds. The molecule has 2 heterocycles. The van der Waals surface area contributed by atoms with Crippen molar-refractivity contribution in [2.75, 3.05) is 0 Å². The fraction of sp³-hybridized carbons (Fsp3) is 0.0714. The third kappa shape index (κ3) is 2.52. The van der Waals surface area contributed by atoms with Crippen molar-refractivity contribution in [3.05, 3.63) is 53.8 Å². The molecule has 3 rings (SSSR count). The number of benzene rings is 1. The van der Waals surface area contributed by atoms with Crippen molar-refractivity contribution in [1.29, 1.82) is 0 Å². The van der Waals surface area contributed by atoms with Crippen molar-refractivity contribution >= 4 is 11.3 Å². The van der Waals surface area contributed by atoms with Crippen LogP contribution < -0.4 is 5.73 Å². The Hall–Kier alpha value is -2.11. The molecule has 19 heavy (non-hydrogen) atoms. The van der Waals surface area contributed by atoms with Gasteiger partial charge in [0, 0.05) is 29.9 Å². The van der Waals surface area contributed by atoms with Crippen molar-refractivity contribution < 1.29 is 0 Å². The molecule has 3 aromatic rings. The molecular formula is C14H12N4S. The van der Waals surface area contributed by atoms with E-state index in [0.29, 0.717) is 6.54 Å². The molecule has 0 aliphatic heterocycles. The summed E-state index contributed by atoms with van der Waals surface area (Å²) < 4.78 is 0. The molecule has 0 aliphatic rings. The molecule has 0 unspecified atom stereocenters. The third-order valence-corrected chi connectivity index (χ3v) is 3.64. The lowest BCUT2D eigenvalue weighted by Gasteiger charge is -1.99. The van der Waals surface area contributed by atoms with E-state index < -0.39 is 0 Å². The SMILES string of the molecule is NCc1ccc(-c2csc(-c3cnccn3)n2)cc1. The lowest BCUT2D eigenvalue weighted by atomic mass is 10.1. The van der Waals surface area contributed by atoms with E-state index in [0.717, 1.165) is 27.5 Å². The van der Waals surface area contributed by atoms with E-state index in [1.165, 1.54) is 0 Å². The van der Waals surface area contributed by atoms with Crippen LogP contribution in [0.5, 0.6) is 0 Å². The van der Waals surface area contributed by atoms with Gasteiger partial charge in [-0.2, -0.15) is 0 Å². The minimum absolute atomic E-state index is 0.558. The summed E-state index contributed by atoms with van der Waals surface area (Å²) in [5.74, 6) is 0. The summed E-state index contributed by atoms with van der Waals surface area (Å²) in [6, 6.07) is 8.13. The number of hydrogen-bond donors (Lipinski definition) is 1. The first-order chi connectivity index (χ1) is 9.36. The molecule has 0 bridgehead atoms. The van der Waals surface area contributed by atoms with Gasteiger partial charge in [0.25, 0.3) is 0 Å². The molecule has 0 fully saturated rings. The standard InChI is InChI=1S/C14H12N4S/c15-7-10-1-3-11(4-2-10)13-9-19-14(18-13)12-8-16-5-6-17-12/h1-6,8-9H,7,15H2. The third-order valence-electron chi connectivity index (χ3n) is 2.77. The van der Waals surface area contributed by atoms with Gasteiger partial charge in [0.2, 0.25) is 0 Å². The van der Waals surface area contributed by atoms with E-state index in [4.69, 9.17) is 5.73 Å². The fourth-order valence-electron chi connectivity index (χ4n) is 1.75. The molecule has 2 N–H and O–H groups in total. The Bertz CT molecular complexity index is 661. The van der Waals surface area contributed by atoms with Gasteiger partial charge < -0.3 is 5.73 Å². The average molecular weight is 268 g/mol. The van der Waals surface area contributed by atoms with Crippen LogP contribution >= 0.6 is 11.3 Å². The minimum Gasteiger partial charge on any atom is -0.326 e. The average Bonchev–Trinajstić information content (AvgIpc) is 2.98. The van der Waals surface area contributed by atoms with Crippen LogP contribution in [0.1, 0.15) is 5.56 Å². The number of nitrogens with zero attached hydrogens (tertiary/aromatic N) is 3. The molecule has 0 spiro atoms. The summed E-state index contributed by atoms with van der Waals surface area (Å²) >= 11 is 1.57. The van der Waals surface area contributed by atoms with Crippen LogP contribution in [0.15, 0.2) is 48.2 Å². The molecule has 4 nitrogen and oxygen atoms in total. The zero-order chi connectivity index (χ0) is 13.1. The van der Waals surface area contributed by atoms with Crippen molar-refractivity contribution in [2.24, 2.45) is 5.73 Å². The van der Waals surface area contributed by atoms with Gasteiger partial charge >= 0.3 is 0 Å². The Morgan fingerprint density at radius 2 is 1.89 bits per heavy atom. The maximum atomic E-state index is 5.59. The Kier molecular flexibility index (Phi) is 3.31. The highest BCUT2D eigenvalue weighted by molar-refractivity contribution is 7.13. The van der Waals surface area contributed by atoms with E-state index in [-0.39, 0.29) is 0 Å². The van der Waals surface area contributed by atoms with Gasteiger partial charge in [-0.05, 0) is 5.56 Å². The van der Waals surface area contributed by atoms with E-state index in [9.17, 15) is 0 Å². The topological polar surface area (TPSA) is 64.7 Å². The summed E-state index contributed by atoms with van der Waals surface area (Å²) in [6.45, 7) is 0.558. The van der Waals surface area contributed by atoms with Crippen molar-refractivity contribution in [2.45, 2.75) is 6.54 Å². The molecule has 0 radical (unpaired) electrons. The maximum absolute atomic E-state index is 5.59. The molecule has 5 heteroatoms. The van der Waals surface area contributed by atoms with Gasteiger partial charge in [0.05, 0.1) is 11.9 Å². The zero-order valence-electron chi connectivity index (χ0n) is 10.2. The van der Waals surface area contributed by atoms with Crippen LogP contribution in [0.3, 0.4) is 0 Å². The summed E-state index contributed by atoms with van der Waals surface area (Å²) in [5, 5.41) is 2.91.